The molecule has 9 heteroatoms. The van der Waals surface area contributed by atoms with Crippen LogP contribution in [0.1, 0.15) is 32.4 Å². The third kappa shape index (κ3) is 5.40. The van der Waals surface area contributed by atoms with Gasteiger partial charge in [0.15, 0.2) is 0 Å². The van der Waals surface area contributed by atoms with E-state index in [1.807, 2.05) is 72.5 Å². The van der Waals surface area contributed by atoms with Crippen LogP contribution in [0.4, 0.5) is 5.13 Å². The molecule has 0 aliphatic carbocycles. The van der Waals surface area contributed by atoms with Gasteiger partial charge in [0.25, 0.3) is 5.91 Å². The first-order chi connectivity index (χ1) is 17.0. The monoisotopic (exact) mass is 520 g/mol. The van der Waals surface area contributed by atoms with Gasteiger partial charge in [0.1, 0.15) is 10.4 Å². The van der Waals surface area contributed by atoms with E-state index >= 15 is 0 Å². The second-order valence-corrected chi connectivity index (χ2v) is 10.6. The summed E-state index contributed by atoms with van der Waals surface area (Å²) in [6, 6.07) is 22.9. The van der Waals surface area contributed by atoms with Gasteiger partial charge in [0.2, 0.25) is 11.0 Å². The topological polar surface area (TPSA) is 75.2 Å². The van der Waals surface area contributed by atoms with E-state index < -0.39 is 0 Å². The zero-order valence-electron chi connectivity index (χ0n) is 18.8. The number of aromatic nitrogens is 2. The fraction of sp³-hybridized carbons (Fsp3) is 0.154. The number of nitrogens with one attached hydrogen (secondary N) is 1. The summed E-state index contributed by atoms with van der Waals surface area (Å²) < 4.78 is 0. The van der Waals surface area contributed by atoms with Crippen LogP contribution in [-0.4, -0.2) is 32.7 Å². The first kappa shape index (κ1) is 23.5. The van der Waals surface area contributed by atoms with Crippen molar-refractivity contribution in [1.82, 2.24) is 15.1 Å². The van der Waals surface area contributed by atoms with Crippen molar-refractivity contribution < 1.29 is 9.59 Å². The molecule has 1 N–H and O–H groups in total. The number of carbonyl (C=O) groups excluding carboxylic acids is 2. The summed E-state index contributed by atoms with van der Waals surface area (Å²) >= 11 is 8.90. The minimum atomic E-state index is -0.253. The number of anilines is 1. The number of hydrogen-bond acceptors (Lipinski definition) is 6. The summed E-state index contributed by atoms with van der Waals surface area (Å²) in [7, 11) is 0. The van der Waals surface area contributed by atoms with Gasteiger partial charge in [-0.25, -0.2) is 0 Å². The molecule has 0 saturated carbocycles. The van der Waals surface area contributed by atoms with Gasteiger partial charge >= 0.3 is 0 Å². The number of benzene rings is 3. The van der Waals surface area contributed by atoms with E-state index in [2.05, 4.69) is 15.5 Å². The minimum Gasteiger partial charge on any atom is -0.322 e. The summed E-state index contributed by atoms with van der Waals surface area (Å²) in [5.74, 6) is 0.273. The predicted octanol–water partition coefficient (Wildman–Crippen LogP) is 6.19. The van der Waals surface area contributed by atoms with Crippen LogP contribution in [0.5, 0.6) is 0 Å². The molecule has 1 fully saturated rings. The van der Waals surface area contributed by atoms with Crippen LogP contribution >= 0.6 is 34.7 Å². The van der Waals surface area contributed by atoms with E-state index in [1.165, 1.54) is 16.9 Å². The van der Waals surface area contributed by atoms with E-state index in [0.29, 0.717) is 28.0 Å². The molecule has 1 aliphatic heterocycles. The lowest BCUT2D eigenvalue weighted by Crippen LogP contribution is -2.27. The number of thioether (sulfide) groups is 1. The van der Waals surface area contributed by atoms with Crippen molar-refractivity contribution in [3.05, 3.63) is 100 Å². The summed E-state index contributed by atoms with van der Waals surface area (Å²) in [4.78, 5) is 27.2. The number of rotatable bonds is 6. The van der Waals surface area contributed by atoms with Crippen molar-refractivity contribution >= 4 is 51.6 Å². The van der Waals surface area contributed by atoms with Crippen molar-refractivity contribution in [1.29, 1.82) is 0 Å². The third-order valence-corrected chi connectivity index (χ3v) is 8.03. The van der Waals surface area contributed by atoms with Gasteiger partial charge in [-0.15, -0.1) is 22.0 Å². The van der Waals surface area contributed by atoms with Crippen LogP contribution in [-0.2, 0) is 11.3 Å². The molecule has 6 nitrogen and oxygen atoms in total. The van der Waals surface area contributed by atoms with Crippen LogP contribution in [0.15, 0.2) is 72.8 Å². The molecule has 2 heterocycles. The maximum absolute atomic E-state index is 12.8. The normalized spacial score (nSPS) is 15.4. The molecule has 5 rings (SSSR count). The van der Waals surface area contributed by atoms with Gasteiger partial charge in [-0.2, -0.15) is 0 Å². The second kappa shape index (κ2) is 10.2. The molecule has 1 aliphatic rings. The molecular weight excluding hydrogens is 500 g/mol. The van der Waals surface area contributed by atoms with E-state index in [-0.39, 0.29) is 17.2 Å². The lowest BCUT2D eigenvalue weighted by atomic mass is 10.1. The molecule has 0 radical (unpaired) electrons. The Morgan fingerprint density at radius 2 is 1.74 bits per heavy atom. The molecule has 1 atom stereocenters. The Balaban J connectivity index is 1.26. The Labute approximate surface area is 216 Å². The highest BCUT2D eigenvalue weighted by Crippen LogP contribution is 2.39. The molecule has 1 aromatic heterocycles. The molecule has 3 aromatic carbocycles. The lowest BCUT2D eigenvalue weighted by Gasteiger charge is -2.24. The van der Waals surface area contributed by atoms with E-state index in [4.69, 9.17) is 11.6 Å². The van der Waals surface area contributed by atoms with Crippen molar-refractivity contribution in [3.8, 4) is 10.6 Å². The van der Waals surface area contributed by atoms with E-state index in [1.54, 1.807) is 23.9 Å². The fourth-order valence-corrected chi connectivity index (χ4v) is 5.80. The molecule has 0 spiro atoms. The molecular formula is C26H21ClN4O2S2. The van der Waals surface area contributed by atoms with E-state index in [9.17, 15) is 9.59 Å². The van der Waals surface area contributed by atoms with Crippen LogP contribution in [0, 0.1) is 6.92 Å². The van der Waals surface area contributed by atoms with Crippen molar-refractivity contribution in [3.63, 3.8) is 0 Å². The van der Waals surface area contributed by atoms with Crippen LogP contribution in [0.3, 0.4) is 0 Å². The number of nitrogens with zero attached hydrogens (tertiary/aromatic N) is 3. The maximum Gasteiger partial charge on any atom is 0.257 e. The Morgan fingerprint density at radius 1 is 1.03 bits per heavy atom. The highest BCUT2D eigenvalue weighted by Gasteiger charge is 2.32. The zero-order chi connectivity index (χ0) is 24.4. The number of aryl methyl sites for hydroxylation is 1. The molecule has 176 valence electrons. The Hall–Kier alpha value is -3.20. The number of carbonyl (C=O) groups is 2. The van der Waals surface area contributed by atoms with Crippen LogP contribution < -0.4 is 5.32 Å². The predicted molar refractivity (Wildman–Crippen MR) is 142 cm³/mol. The number of halogens is 1. The molecule has 1 saturated heterocycles. The number of hydrogen-bond donors (Lipinski definition) is 1. The quantitative estimate of drug-likeness (QED) is 0.328. The average molecular weight is 521 g/mol. The molecule has 2 amide bonds. The highest BCUT2D eigenvalue weighted by molar-refractivity contribution is 8.00. The van der Waals surface area contributed by atoms with Gasteiger partial charge < -0.3 is 4.90 Å². The van der Waals surface area contributed by atoms with Gasteiger partial charge in [0.05, 0.1) is 5.75 Å². The second-order valence-electron chi connectivity index (χ2n) is 8.17. The Morgan fingerprint density at radius 3 is 2.46 bits per heavy atom. The Kier molecular flexibility index (Phi) is 6.86. The van der Waals surface area contributed by atoms with Gasteiger partial charge in [-0.1, -0.05) is 77.0 Å². The lowest BCUT2D eigenvalue weighted by molar-refractivity contribution is -0.128. The standard InChI is InChI=1S/C26H21ClN4O2S2/c1-16-2-6-19(7-3-16)24-29-30-26(35-24)28-23(33)18-8-10-20(11-9-18)25-31(22(32)15-34-25)14-17-4-12-21(27)13-5-17/h2-13,25H,14-15H2,1H3,(H,28,30,33)/t25-/m1/s1. The summed E-state index contributed by atoms with van der Waals surface area (Å²) in [5, 5.41) is 12.9. The minimum absolute atomic E-state index is 0.0948. The average Bonchev–Trinajstić information content (AvgIpc) is 3.48. The third-order valence-electron chi connectivity index (χ3n) is 5.64. The van der Waals surface area contributed by atoms with Crippen molar-refractivity contribution in [2.24, 2.45) is 0 Å². The van der Waals surface area contributed by atoms with Crippen LogP contribution in [0.2, 0.25) is 5.02 Å². The molecule has 0 unspecified atom stereocenters. The Bertz CT molecular complexity index is 1360. The zero-order valence-corrected chi connectivity index (χ0v) is 21.2. The SMILES string of the molecule is Cc1ccc(-c2nnc(NC(=O)c3ccc([C@H]4SCC(=O)N4Cc4ccc(Cl)cc4)cc3)s2)cc1. The van der Waals surface area contributed by atoms with Gasteiger partial charge in [-0.05, 0) is 42.3 Å². The summed E-state index contributed by atoms with van der Waals surface area (Å²) in [5.41, 5.74) is 4.64. The largest absolute Gasteiger partial charge is 0.322 e. The summed E-state index contributed by atoms with van der Waals surface area (Å²) in [6.45, 7) is 2.54. The van der Waals surface area contributed by atoms with Crippen molar-refractivity contribution in [2.45, 2.75) is 18.8 Å². The van der Waals surface area contributed by atoms with E-state index in [0.717, 1.165) is 21.7 Å². The molecule has 35 heavy (non-hydrogen) atoms. The van der Waals surface area contributed by atoms with Crippen molar-refractivity contribution in [2.75, 3.05) is 11.1 Å². The van der Waals surface area contributed by atoms with Gasteiger partial charge in [-0.3, -0.25) is 14.9 Å². The maximum atomic E-state index is 12.8. The smallest absolute Gasteiger partial charge is 0.257 e. The highest BCUT2D eigenvalue weighted by atomic mass is 35.5. The van der Waals surface area contributed by atoms with Gasteiger partial charge in [0, 0.05) is 22.7 Å². The summed E-state index contributed by atoms with van der Waals surface area (Å²) in [6.07, 6.45) is 0. The molecule has 4 aromatic rings. The molecule has 0 bridgehead atoms. The first-order valence-electron chi connectivity index (χ1n) is 10.9. The number of amides is 2. The van der Waals surface area contributed by atoms with Crippen LogP contribution in [0.25, 0.3) is 10.6 Å². The fourth-order valence-electron chi connectivity index (χ4n) is 3.74. The first-order valence-corrected chi connectivity index (χ1v) is 13.2.